The highest BCUT2D eigenvalue weighted by Crippen LogP contribution is 2.28. The highest BCUT2D eigenvalue weighted by molar-refractivity contribution is 6.30. The monoisotopic (exact) mass is 291 g/mol. The largest absolute Gasteiger partial charge is 0.490 e. The fourth-order valence-corrected chi connectivity index (χ4v) is 2.13. The Bertz CT molecular complexity index is 558. The molecule has 0 aliphatic carbocycles. The van der Waals surface area contributed by atoms with Crippen LogP contribution in [0.1, 0.15) is 30.2 Å². The van der Waals surface area contributed by atoms with Crippen molar-refractivity contribution in [3.8, 4) is 5.75 Å². The Morgan fingerprint density at radius 1 is 1.20 bits per heavy atom. The molecule has 3 nitrogen and oxygen atoms in total. The van der Waals surface area contributed by atoms with Crippen LogP contribution in [0, 0.1) is 0 Å². The molecule has 0 aromatic heterocycles. The zero-order valence-corrected chi connectivity index (χ0v) is 12.0. The summed E-state index contributed by atoms with van der Waals surface area (Å²) in [7, 11) is 0. The van der Waals surface area contributed by atoms with Crippen molar-refractivity contribution < 1.29 is 9.84 Å². The van der Waals surface area contributed by atoms with Crippen molar-refractivity contribution in [2.45, 2.75) is 19.1 Å². The van der Waals surface area contributed by atoms with Gasteiger partial charge in [-0.25, -0.2) is 0 Å². The number of halogens is 1. The van der Waals surface area contributed by atoms with E-state index in [1.54, 1.807) is 18.2 Å². The minimum Gasteiger partial charge on any atom is -0.490 e. The van der Waals surface area contributed by atoms with Crippen LogP contribution >= 0.6 is 11.6 Å². The molecule has 106 valence electrons. The van der Waals surface area contributed by atoms with Crippen LogP contribution in [-0.2, 0) is 0 Å². The molecular weight excluding hydrogens is 274 g/mol. The molecule has 0 aliphatic heterocycles. The summed E-state index contributed by atoms with van der Waals surface area (Å²) in [5.41, 5.74) is 7.55. The first kappa shape index (κ1) is 14.9. The summed E-state index contributed by atoms with van der Waals surface area (Å²) in [6.07, 6.45) is -0.673. The molecule has 2 rings (SSSR count). The van der Waals surface area contributed by atoms with Crippen molar-refractivity contribution in [1.29, 1.82) is 0 Å². The molecule has 0 amide bonds. The fourth-order valence-electron chi connectivity index (χ4n) is 1.95. The van der Waals surface area contributed by atoms with Gasteiger partial charge in [-0.15, -0.1) is 0 Å². The van der Waals surface area contributed by atoms with Crippen LogP contribution in [0.5, 0.6) is 5.75 Å². The van der Waals surface area contributed by atoms with Crippen LogP contribution in [-0.4, -0.2) is 11.7 Å². The van der Waals surface area contributed by atoms with E-state index in [2.05, 4.69) is 0 Å². The molecule has 2 aromatic rings. The molecule has 0 saturated heterocycles. The molecule has 0 fully saturated rings. The van der Waals surface area contributed by atoms with Gasteiger partial charge in [0.2, 0.25) is 0 Å². The number of rotatable bonds is 5. The molecule has 0 radical (unpaired) electrons. The van der Waals surface area contributed by atoms with E-state index in [1.165, 1.54) is 0 Å². The van der Waals surface area contributed by atoms with Crippen LogP contribution in [0.3, 0.4) is 0 Å². The van der Waals surface area contributed by atoms with Crippen molar-refractivity contribution in [3.05, 3.63) is 64.7 Å². The predicted octanol–water partition coefficient (Wildman–Crippen LogP) is 3.47. The Morgan fingerprint density at radius 2 is 1.90 bits per heavy atom. The van der Waals surface area contributed by atoms with Gasteiger partial charge in [0.1, 0.15) is 18.5 Å². The lowest BCUT2D eigenvalue weighted by atomic mass is 10.1. The summed E-state index contributed by atoms with van der Waals surface area (Å²) in [6.45, 7) is 2.04. The SMILES string of the molecule is CC(N)c1cc(Cl)ccc1OCC(O)c1ccccc1. The molecule has 0 bridgehead atoms. The molecule has 0 saturated carbocycles. The molecule has 2 unspecified atom stereocenters. The first-order chi connectivity index (χ1) is 9.58. The average molecular weight is 292 g/mol. The lowest BCUT2D eigenvalue weighted by Gasteiger charge is -2.17. The number of ether oxygens (including phenoxy) is 1. The van der Waals surface area contributed by atoms with E-state index < -0.39 is 6.10 Å². The molecular formula is C16H18ClNO2. The van der Waals surface area contributed by atoms with Gasteiger partial charge < -0.3 is 15.6 Å². The molecule has 20 heavy (non-hydrogen) atoms. The Kier molecular flexibility index (Phi) is 5.01. The summed E-state index contributed by atoms with van der Waals surface area (Å²) in [5.74, 6) is 0.652. The number of nitrogens with two attached hydrogens (primary N) is 1. The Labute approximate surface area is 123 Å². The minimum atomic E-state index is -0.673. The number of aliphatic hydroxyl groups excluding tert-OH is 1. The highest BCUT2D eigenvalue weighted by atomic mass is 35.5. The van der Waals surface area contributed by atoms with Gasteiger partial charge in [0.25, 0.3) is 0 Å². The Hall–Kier alpha value is -1.55. The first-order valence-corrected chi connectivity index (χ1v) is 6.86. The zero-order chi connectivity index (χ0) is 14.5. The van der Waals surface area contributed by atoms with E-state index in [1.807, 2.05) is 37.3 Å². The third-order valence-electron chi connectivity index (χ3n) is 3.04. The van der Waals surface area contributed by atoms with Gasteiger partial charge in [-0.05, 0) is 30.7 Å². The normalized spacial score (nSPS) is 13.8. The zero-order valence-electron chi connectivity index (χ0n) is 11.3. The van der Waals surface area contributed by atoms with Crippen molar-refractivity contribution in [2.75, 3.05) is 6.61 Å². The maximum atomic E-state index is 10.1. The summed E-state index contributed by atoms with van der Waals surface area (Å²) in [5, 5.41) is 10.7. The van der Waals surface area contributed by atoms with Gasteiger partial charge in [0.15, 0.2) is 0 Å². The minimum absolute atomic E-state index is 0.172. The maximum Gasteiger partial charge on any atom is 0.124 e. The van der Waals surface area contributed by atoms with Gasteiger partial charge in [0.05, 0.1) is 0 Å². The fraction of sp³-hybridized carbons (Fsp3) is 0.250. The standard InChI is InChI=1S/C16H18ClNO2/c1-11(18)14-9-13(17)7-8-16(14)20-10-15(19)12-5-3-2-4-6-12/h2-9,11,15,19H,10,18H2,1H3. The highest BCUT2D eigenvalue weighted by Gasteiger charge is 2.12. The molecule has 4 heteroatoms. The quantitative estimate of drug-likeness (QED) is 0.887. The van der Waals surface area contributed by atoms with E-state index in [9.17, 15) is 5.11 Å². The smallest absolute Gasteiger partial charge is 0.124 e. The summed E-state index contributed by atoms with van der Waals surface area (Å²) in [6, 6.07) is 14.5. The van der Waals surface area contributed by atoms with Gasteiger partial charge >= 0.3 is 0 Å². The van der Waals surface area contributed by atoms with Crippen LogP contribution in [0.15, 0.2) is 48.5 Å². The first-order valence-electron chi connectivity index (χ1n) is 6.48. The summed E-state index contributed by atoms with van der Waals surface area (Å²) in [4.78, 5) is 0. The lowest BCUT2D eigenvalue weighted by Crippen LogP contribution is -2.13. The lowest BCUT2D eigenvalue weighted by molar-refractivity contribution is 0.107. The topological polar surface area (TPSA) is 55.5 Å². The second-order valence-electron chi connectivity index (χ2n) is 4.71. The molecule has 2 aromatic carbocycles. The molecule has 0 spiro atoms. The summed E-state index contributed by atoms with van der Waals surface area (Å²) < 4.78 is 5.68. The van der Waals surface area contributed by atoms with Crippen LogP contribution in [0.2, 0.25) is 5.02 Å². The molecule has 3 N–H and O–H groups in total. The third-order valence-corrected chi connectivity index (χ3v) is 3.28. The van der Waals surface area contributed by atoms with Crippen molar-refractivity contribution in [2.24, 2.45) is 5.73 Å². The third kappa shape index (κ3) is 3.73. The van der Waals surface area contributed by atoms with Crippen molar-refractivity contribution in [1.82, 2.24) is 0 Å². The van der Waals surface area contributed by atoms with E-state index in [0.717, 1.165) is 11.1 Å². The van der Waals surface area contributed by atoms with E-state index in [4.69, 9.17) is 22.1 Å². The Morgan fingerprint density at radius 3 is 2.55 bits per heavy atom. The van der Waals surface area contributed by atoms with Gasteiger partial charge in [-0.2, -0.15) is 0 Å². The van der Waals surface area contributed by atoms with Crippen LogP contribution < -0.4 is 10.5 Å². The molecule has 0 heterocycles. The van der Waals surface area contributed by atoms with Crippen LogP contribution in [0.4, 0.5) is 0 Å². The number of aliphatic hydroxyl groups is 1. The van der Waals surface area contributed by atoms with Gasteiger partial charge in [0, 0.05) is 16.6 Å². The van der Waals surface area contributed by atoms with E-state index >= 15 is 0 Å². The molecule has 0 aliphatic rings. The van der Waals surface area contributed by atoms with E-state index in [-0.39, 0.29) is 12.6 Å². The van der Waals surface area contributed by atoms with E-state index in [0.29, 0.717) is 10.8 Å². The van der Waals surface area contributed by atoms with Crippen molar-refractivity contribution in [3.63, 3.8) is 0 Å². The van der Waals surface area contributed by atoms with Gasteiger partial charge in [-0.3, -0.25) is 0 Å². The maximum absolute atomic E-state index is 10.1. The Balaban J connectivity index is 2.08. The summed E-state index contributed by atoms with van der Waals surface area (Å²) >= 11 is 5.96. The second kappa shape index (κ2) is 6.75. The number of benzene rings is 2. The van der Waals surface area contributed by atoms with Crippen molar-refractivity contribution >= 4 is 11.6 Å². The number of hydrogen-bond donors (Lipinski definition) is 2. The predicted molar refractivity (Wildman–Crippen MR) is 81.0 cm³/mol. The molecule has 2 atom stereocenters. The van der Waals surface area contributed by atoms with Crippen LogP contribution in [0.25, 0.3) is 0 Å². The second-order valence-corrected chi connectivity index (χ2v) is 5.14. The average Bonchev–Trinajstić information content (AvgIpc) is 2.46. The number of hydrogen-bond acceptors (Lipinski definition) is 3. The van der Waals surface area contributed by atoms with Gasteiger partial charge in [-0.1, -0.05) is 41.9 Å².